The van der Waals surface area contributed by atoms with Gasteiger partial charge in [-0.15, -0.1) is 0 Å². The molecule has 0 aliphatic carbocycles. The van der Waals surface area contributed by atoms with Gasteiger partial charge in [0.05, 0.1) is 0 Å². The first-order valence-corrected chi connectivity index (χ1v) is 5.04. The average molecular weight is 207 g/mol. The molecule has 4 heteroatoms. The van der Waals surface area contributed by atoms with E-state index in [0.29, 0.717) is 12.2 Å². The normalized spacial score (nSPS) is 9.73. The van der Waals surface area contributed by atoms with Crippen LogP contribution in [0.4, 0.5) is 16.2 Å². The van der Waals surface area contributed by atoms with Crippen LogP contribution in [-0.2, 0) is 0 Å². The summed E-state index contributed by atoms with van der Waals surface area (Å²) in [5, 5.41) is 5.51. The molecule has 1 aromatic rings. The first kappa shape index (κ1) is 11.4. The number of nitrogen functional groups attached to an aromatic ring is 1. The van der Waals surface area contributed by atoms with Crippen LogP contribution >= 0.6 is 0 Å². The molecular formula is C11H17N3O. The number of amides is 2. The van der Waals surface area contributed by atoms with Crippen molar-refractivity contribution in [1.29, 1.82) is 0 Å². The molecular weight excluding hydrogens is 190 g/mol. The molecule has 0 aliphatic heterocycles. The number of nitrogens with one attached hydrogen (secondary N) is 2. The fourth-order valence-electron chi connectivity index (χ4n) is 1.23. The molecule has 15 heavy (non-hydrogen) atoms. The van der Waals surface area contributed by atoms with E-state index in [1.165, 1.54) is 0 Å². The van der Waals surface area contributed by atoms with Crippen LogP contribution in [0.15, 0.2) is 18.2 Å². The topological polar surface area (TPSA) is 67.2 Å². The molecule has 1 rings (SSSR count). The summed E-state index contributed by atoms with van der Waals surface area (Å²) in [7, 11) is 0. The predicted molar refractivity (Wildman–Crippen MR) is 62.9 cm³/mol. The van der Waals surface area contributed by atoms with E-state index in [0.717, 1.165) is 17.7 Å². The fourth-order valence-corrected chi connectivity index (χ4v) is 1.23. The van der Waals surface area contributed by atoms with E-state index in [1.807, 2.05) is 19.9 Å². The van der Waals surface area contributed by atoms with Gasteiger partial charge in [-0.1, -0.05) is 6.92 Å². The zero-order valence-electron chi connectivity index (χ0n) is 9.13. The van der Waals surface area contributed by atoms with Crippen molar-refractivity contribution in [3.05, 3.63) is 23.8 Å². The third kappa shape index (κ3) is 3.50. The second kappa shape index (κ2) is 5.24. The van der Waals surface area contributed by atoms with Gasteiger partial charge in [0, 0.05) is 17.9 Å². The Bertz CT molecular complexity index is 350. The Hall–Kier alpha value is -1.71. The highest BCUT2D eigenvalue weighted by Crippen LogP contribution is 2.17. The van der Waals surface area contributed by atoms with Gasteiger partial charge in [-0.2, -0.15) is 0 Å². The van der Waals surface area contributed by atoms with E-state index < -0.39 is 0 Å². The highest BCUT2D eigenvalue weighted by Gasteiger charge is 2.02. The van der Waals surface area contributed by atoms with E-state index in [4.69, 9.17) is 5.73 Å². The lowest BCUT2D eigenvalue weighted by molar-refractivity contribution is 0.252. The van der Waals surface area contributed by atoms with Crippen molar-refractivity contribution in [2.24, 2.45) is 0 Å². The van der Waals surface area contributed by atoms with Crippen molar-refractivity contribution in [3.8, 4) is 0 Å². The zero-order chi connectivity index (χ0) is 11.3. The molecule has 0 radical (unpaired) electrons. The Morgan fingerprint density at radius 2 is 2.20 bits per heavy atom. The van der Waals surface area contributed by atoms with Gasteiger partial charge in [-0.3, -0.25) is 0 Å². The Morgan fingerprint density at radius 1 is 1.47 bits per heavy atom. The van der Waals surface area contributed by atoms with E-state index in [1.54, 1.807) is 12.1 Å². The molecule has 0 atom stereocenters. The van der Waals surface area contributed by atoms with E-state index in [9.17, 15) is 4.79 Å². The summed E-state index contributed by atoms with van der Waals surface area (Å²) in [6.45, 7) is 4.60. The van der Waals surface area contributed by atoms with Crippen LogP contribution in [0.2, 0.25) is 0 Å². The van der Waals surface area contributed by atoms with Crippen LogP contribution in [0.25, 0.3) is 0 Å². The molecule has 0 unspecified atom stereocenters. The largest absolute Gasteiger partial charge is 0.399 e. The molecule has 0 saturated heterocycles. The Labute approximate surface area is 89.9 Å². The van der Waals surface area contributed by atoms with Gasteiger partial charge in [0.25, 0.3) is 0 Å². The lowest BCUT2D eigenvalue weighted by Crippen LogP contribution is -2.29. The Morgan fingerprint density at radius 3 is 2.80 bits per heavy atom. The first-order valence-electron chi connectivity index (χ1n) is 5.04. The van der Waals surface area contributed by atoms with Crippen LogP contribution < -0.4 is 16.4 Å². The standard InChI is InChI=1S/C11H17N3O/c1-3-6-13-11(15)14-10-5-4-9(12)7-8(10)2/h4-5,7H,3,6,12H2,1-2H3,(H2,13,14,15). The van der Waals surface area contributed by atoms with Gasteiger partial charge < -0.3 is 16.4 Å². The van der Waals surface area contributed by atoms with Crippen molar-refractivity contribution in [2.45, 2.75) is 20.3 Å². The molecule has 4 N–H and O–H groups in total. The molecule has 4 nitrogen and oxygen atoms in total. The minimum absolute atomic E-state index is 0.176. The fraction of sp³-hybridized carbons (Fsp3) is 0.364. The van der Waals surface area contributed by atoms with Crippen LogP contribution in [-0.4, -0.2) is 12.6 Å². The number of hydrogen-bond donors (Lipinski definition) is 3. The molecule has 0 bridgehead atoms. The summed E-state index contributed by atoms with van der Waals surface area (Å²) in [5.41, 5.74) is 8.06. The van der Waals surface area contributed by atoms with Crippen molar-refractivity contribution in [1.82, 2.24) is 5.32 Å². The van der Waals surface area contributed by atoms with Gasteiger partial charge in [-0.25, -0.2) is 4.79 Å². The summed E-state index contributed by atoms with van der Waals surface area (Å²) in [5.74, 6) is 0. The summed E-state index contributed by atoms with van der Waals surface area (Å²) in [4.78, 5) is 11.4. The van der Waals surface area contributed by atoms with Crippen LogP contribution in [0.1, 0.15) is 18.9 Å². The zero-order valence-corrected chi connectivity index (χ0v) is 9.13. The van der Waals surface area contributed by atoms with Crippen LogP contribution in [0.5, 0.6) is 0 Å². The molecule has 0 fully saturated rings. The lowest BCUT2D eigenvalue weighted by atomic mass is 10.2. The van der Waals surface area contributed by atoms with E-state index in [-0.39, 0.29) is 6.03 Å². The third-order valence-corrected chi connectivity index (χ3v) is 2.03. The predicted octanol–water partition coefficient (Wildman–Crippen LogP) is 2.11. The van der Waals surface area contributed by atoms with Gasteiger partial charge in [0.15, 0.2) is 0 Å². The molecule has 0 aromatic heterocycles. The first-order chi connectivity index (χ1) is 7.13. The second-order valence-electron chi connectivity index (χ2n) is 3.46. The summed E-state index contributed by atoms with van der Waals surface area (Å²) < 4.78 is 0. The minimum atomic E-state index is -0.176. The lowest BCUT2D eigenvalue weighted by Gasteiger charge is -2.09. The van der Waals surface area contributed by atoms with Crippen molar-refractivity contribution in [3.63, 3.8) is 0 Å². The number of carbonyl (C=O) groups excluding carboxylic acids is 1. The number of anilines is 2. The number of aryl methyl sites for hydroxylation is 1. The minimum Gasteiger partial charge on any atom is -0.399 e. The van der Waals surface area contributed by atoms with E-state index in [2.05, 4.69) is 10.6 Å². The van der Waals surface area contributed by atoms with Crippen LogP contribution in [0.3, 0.4) is 0 Å². The highest BCUT2D eigenvalue weighted by atomic mass is 16.2. The number of urea groups is 1. The number of hydrogen-bond acceptors (Lipinski definition) is 2. The highest BCUT2D eigenvalue weighted by molar-refractivity contribution is 5.90. The number of benzene rings is 1. The van der Waals surface area contributed by atoms with Crippen molar-refractivity contribution < 1.29 is 4.79 Å². The molecule has 1 aromatic carbocycles. The molecule has 0 saturated carbocycles. The van der Waals surface area contributed by atoms with Gasteiger partial charge in [0.2, 0.25) is 0 Å². The smallest absolute Gasteiger partial charge is 0.319 e. The number of carbonyl (C=O) groups is 1. The van der Waals surface area contributed by atoms with Crippen molar-refractivity contribution in [2.75, 3.05) is 17.6 Å². The van der Waals surface area contributed by atoms with Gasteiger partial charge >= 0.3 is 6.03 Å². The third-order valence-electron chi connectivity index (χ3n) is 2.03. The Kier molecular flexibility index (Phi) is 3.97. The summed E-state index contributed by atoms with van der Waals surface area (Å²) in [6.07, 6.45) is 0.925. The molecule has 0 heterocycles. The van der Waals surface area contributed by atoms with Crippen LogP contribution in [0, 0.1) is 6.92 Å². The maximum absolute atomic E-state index is 11.4. The quantitative estimate of drug-likeness (QED) is 0.664. The maximum Gasteiger partial charge on any atom is 0.319 e. The number of rotatable bonds is 3. The van der Waals surface area contributed by atoms with Crippen molar-refractivity contribution >= 4 is 17.4 Å². The maximum atomic E-state index is 11.4. The van der Waals surface area contributed by atoms with Gasteiger partial charge in [0.1, 0.15) is 0 Å². The molecule has 82 valence electrons. The second-order valence-corrected chi connectivity index (χ2v) is 3.46. The molecule has 0 spiro atoms. The van der Waals surface area contributed by atoms with Gasteiger partial charge in [-0.05, 0) is 37.1 Å². The Balaban J connectivity index is 2.60. The average Bonchev–Trinajstić information content (AvgIpc) is 2.19. The SMILES string of the molecule is CCCNC(=O)Nc1ccc(N)cc1C. The summed E-state index contributed by atoms with van der Waals surface area (Å²) >= 11 is 0. The summed E-state index contributed by atoms with van der Waals surface area (Å²) in [6, 6.07) is 5.22. The number of nitrogens with two attached hydrogens (primary N) is 1. The molecule has 2 amide bonds. The van der Waals surface area contributed by atoms with E-state index >= 15 is 0 Å². The monoisotopic (exact) mass is 207 g/mol. The molecule has 0 aliphatic rings.